The largest absolute Gasteiger partial charge is 0.462 e. The van der Waals surface area contributed by atoms with Crippen molar-refractivity contribution in [2.75, 3.05) is 11.9 Å². The average molecular weight is 407 g/mol. The van der Waals surface area contributed by atoms with E-state index in [-0.39, 0.29) is 23.4 Å². The smallest absolute Gasteiger partial charge is 0.338 e. The zero-order valence-corrected chi connectivity index (χ0v) is 15.1. The molecule has 2 rings (SSSR count). The fourth-order valence-electron chi connectivity index (χ4n) is 2.05. The Bertz CT molecular complexity index is 851. The standard InChI is InChI=1S/C17H15BrN2O5/c1-3-25-17(22)12-6-11(7-14(8-12)20(23)24)16(21)19-13-5-4-10(2)15(18)9-13/h4-9H,3H2,1-2H3,(H,19,21). The maximum Gasteiger partial charge on any atom is 0.338 e. The third-order valence-electron chi connectivity index (χ3n) is 3.33. The summed E-state index contributed by atoms with van der Waals surface area (Å²) in [5.41, 5.74) is 1.10. The van der Waals surface area contributed by atoms with Crippen molar-refractivity contribution in [3.05, 3.63) is 67.7 Å². The number of carbonyl (C=O) groups is 2. The third-order valence-corrected chi connectivity index (χ3v) is 4.19. The van der Waals surface area contributed by atoms with E-state index in [1.54, 1.807) is 19.1 Å². The van der Waals surface area contributed by atoms with Gasteiger partial charge in [-0.2, -0.15) is 0 Å². The summed E-state index contributed by atoms with van der Waals surface area (Å²) in [6, 6.07) is 8.71. The third kappa shape index (κ3) is 4.63. The van der Waals surface area contributed by atoms with Crippen molar-refractivity contribution in [1.82, 2.24) is 0 Å². The number of rotatable bonds is 5. The van der Waals surface area contributed by atoms with Gasteiger partial charge < -0.3 is 10.1 Å². The molecule has 7 nitrogen and oxygen atoms in total. The molecular formula is C17H15BrN2O5. The lowest BCUT2D eigenvalue weighted by Crippen LogP contribution is -2.14. The summed E-state index contributed by atoms with van der Waals surface area (Å²) in [5.74, 6) is -1.29. The van der Waals surface area contributed by atoms with E-state index >= 15 is 0 Å². The summed E-state index contributed by atoms with van der Waals surface area (Å²) in [6.45, 7) is 3.65. The lowest BCUT2D eigenvalue weighted by molar-refractivity contribution is -0.384. The van der Waals surface area contributed by atoms with E-state index in [0.717, 1.165) is 22.2 Å². The Balaban J connectivity index is 2.35. The molecule has 0 saturated heterocycles. The highest BCUT2D eigenvalue weighted by Gasteiger charge is 2.19. The number of non-ortho nitro benzene ring substituents is 1. The van der Waals surface area contributed by atoms with Crippen molar-refractivity contribution in [3.63, 3.8) is 0 Å². The summed E-state index contributed by atoms with van der Waals surface area (Å²) in [6.07, 6.45) is 0. The number of hydrogen-bond donors (Lipinski definition) is 1. The van der Waals surface area contributed by atoms with Gasteiger partial charge in [-0.05, 0) is 37.6 Å². The minimum atomic E-state index is -0.724. The van der Waals surface area contributed by atoms with Crippen molar-refractivity contribution in [2.45, 2.75) is 13.8 Å². The minimum absolute atomic E-state index is 0.00560. The number of halogens is 1. The van der Waals surface area contributed by atoms with Crippen molar-refractivity contribution in [2.24, 2.45) is 0 Å². The number of nitrogens with zero attached hydrogens (tertiary/aromatic N) is 1. The van der Waals surface area contributed by atoms with Gasteiger partial charge in [-0.3, -0.25) is 14.9 Å². The number of nitro groups is 1. The summed E-state index contributed by atoms with van der Waals surface area (Å²) in [5, 5.41) is 13.7. The second-order valence-corrected chi connectivity index (χ2v) is 6.02. The monoisotopic (exact) mass is 406 g/mol. The molecule has 0 heterocycles. The summed E-state index contributed by atoms with van der Waals surface area (Å²) in [7, 11) is 0. The molecular weight excluding hydrogens is 392 g/mol. The average Bonchev–Trinajstić information content (AvgIpc) is 2.58. The number of aryl methyl sites for hydroxylation is 1. The molecule has 0 aliphatic heterocycles. The normalized spacial score (nSPS) is 10.2. The molecule has 25 heavy (non-hydrogen) atoms. The Morgan fingerprint density at radius 3 is 2.48 bits per heavy atom. The fourth-order valence-corrected chi connectivity index (χ4v) is 2.43. The number of nitrogens with one attached hydrogen (secondary N) is 1. The quantitative estimate of drug-likeness (QED) is 0.457. The van der Waals surface area contributed by atoms with Crippen LogP contribution in [0.1, 0.15) is 33.2 Å². The zero-order valence-electron chi connectivity index (χ0n) is 13.5. The van der Waals surface area contributed by atoms with Gasteiger partial charge in [-0.15, -0.1) is 0 Å². The van der Waals surface area contributed by atoms with Gasteiger partial charge in [0.25, 0.3) is 11.6 Å². The van der Waals surface area contributed by atoms with E-state index in [4.69, 9.17) is 4.74 Å². The molecule has 0 unspecified atom stereocenters. The minimum Gasteiger partial charge on any atom is -0.462 e. The molecule has 0 saturated carbocycles. The predicted molar refractivity (Wildman–Crippen MR) is 95.9 cm³/mol. The molecule has 8 heteroatoms. The molecule has 0 fully saturated rings. The van der Waals surface area contributed by atoms with Gasteiger partial charge >= 0.3 is 5.97 Å². The van der Waals surface area contributed by atoms with Crippen LogP contribution in [0.5, 0.6) is 0 Å². The number of amides is 1. The van der Waals surface area contributed by atoms with Crippen LogP contribution >= 0.6 is 15.9 Å². The second-order valence-electron chi connectivity index (χ2n) is 5.16. The molecule has 1 N–H and O–H groups in total. The summed E-state index contributed by atoms with van der Waals surface area (Å²) >= 11 is 3.37. The van der Waals surface area contributed by atoms with Gasteiger partial charge in [-0.1, -0.05) is 22.0 Å². The van der Waals surface area contributed by atoms with Gasteiger partial charge in [0.2, 0.25) is 0 Å². The number of nitro benzene ring substituents is 1. The first kappa shape index (κ1) is 18.6. The molecule has 0 aliphatic rings. The first-order valence-electron chi connectivity index (χ1n) is 7.36. The Morgan fingerprint density at radius 1 is 1.20 bits per heavy atom. The highest BCUT2D eigenvalue weighted by molar-refractivity contribution is 9.10. The van der Waals surface area contributed by atoms with E-state index in [1.807, 2.05) is 13.0 Å². The van der Waals surface area contributed by atoms with E-state index in [1.165, 1.54) is 6.07 Å². The lowest BCUT2D eigenvalue weighted by atomic mass is 10.1. The van der Waals surface area contributed by atoms with Crippen molar-refractivity contribution < 1.29 is 19.2 Å². The lowest BCUT2D eigenvalue weighted by Gasteiger charge is -2.08. The van der Waals surface area contributed by atoms with E-state index < -0.39 is 16.8 Å². The summed E-state index contributed by atoms with van der Waals surface area (Å²) < 4.78 is 5.66. The topological polar surface area (TPSA) is 98.5 Å². The van der Waals surface area contributed by atoms with Crippen LogP contribution in [0.2, 0.25) is 0 Å². The van der Waals surface area contributed by atoms with Crippen molar-refractivity contribution in [1.29, 1.82) is 0 Å². The number of hydrogen-bond acceptors (Lipinski definition) is 5. The van der Waals surface area contributed by atoms with E-state index in [2.05, 4.69) is 21.2 Å². The van der Waals surface area contributed by atoms with E-state index in [9.17, 15) is 19.7 Å². The number of esters is 1. The molecule has 130 valence electrons. The van der Waals surface area contributed by atoms with Gasteiger partial charge in [0, 0.05) is 27.9 Å². The van der Waals surface area contributed by atoms with Crippen LogP contribution in [0.4, 0.5) is 11.4 Å². The van der Waals surface area contributed by atoms with Gasteiger partial charge in [-0.25, -0.2) is 4.79 Å². The molecule has 1 amide bonds. The molecule has 2 aromatic rings. The predicted octanol–water partition coefficient (Wildman–Crippen LogP) is 4.09. The highest BCUT2D eigenvalue weighted by Crippen LogP contribution is 2.23. The molecule has 2 aromatic carbocycles. The van der Waals surface area contributed by atoms with Gasteiger partial charge in [0.1, 0.15) is 0 Å². The van der Waals surface area contributed by atoms with Crippen LogP contribution in [-0.4, -0.2) is 23.4 Å². The fraction of sp³-hybridized carbons (Fsp3) is 0.176. The maximum atomic E-state index is 12.4. The van der Waals surface area contributed by atoms with Crippen LogP contribution in [0.3, 0.4) is 0 Å². The molecule has 0 bridgehead atoms. The number of ether oxygens (including phenoxy) is 1. The van der Waals surface area contributed by atoms with E-state index in [0.29, 0.717) is 5.69 Å². The number of carbonyl (C=O) groups excluding carboxylic acids is 2. The van der Waals surface area contributed by atoms with Crippen LogP contribution < -0.4 is 5.32 Å². The molecule has 0 aliphatic carbocycles. The van der Waals surface area contributed by atoms with Crippen LogP contribution in [-0.2, 0) is 4.74 Å². The van der Waals surface area contributed by atoms with Crippen molar-refractivity contribution >= 4 is 39.2 Å². The molecule has 0 atom stereocenters. The second kappa shape index (κ2) is 7.89. The van der Waals surface area contributed by atoms with Crippen molar-refractivity contribution in [3.8, 4) is 0 Å². The Kier molecular flexibility index (Phi) is 5.87. The van der Waals surface area contributed by atoms with Crippen LogP contribution in [0.25, 0.3) is 0 Å². The molecule has 0 aromatic heterocycles. The number of anilines is 1. The summed E-state index contributed by atoms with van der Waals surface area (Å²) in [4.78, 5) is 34.7. The van der Waals surface area contributed by atoms with Gasteiger partial charge in [0.15, 0.2) is 0 Å². The Hall–Kier alpha value is -2.74. The van der Waals surface area contributed by atoms with Gasteiger partial charge in [0.05, 0.1) is 17.1 Å². The SMILES string of the molecule is CCOC(=O)c1cc(C(=O)Nc2ccc(C)c(Br)c2)cc([N+](=O)[O-])c1. The zero-order chi connectivity index (χ0) is 18.6. The Labute approximate surface area is 152 Å². The molecule has 0 radical (unpaired) electrons. The maximum absolute atomic E-state index is 12.4. The number of benzene rings is 2. The van der Waals surface area contributed by atoms with Crippen LogP contribution in [0, 0.1) is 17.0 Å². The van der Waals surface area contributed by atoms with Crippen LogP contribution in [0.15, 0.2) is 40.9 Å². The first-order chi connectivity index (χ1) is 11.8. The Morgan fingerprint density at radius 2 is 1.88 bits per heavy atom. The highest BCUT2D eigenvalue weighted by atomic mass is 79.9. The first-order valence-corrected chi connectivity index (χ1v) is 8.15. The molecule has 0 spiro atoms.